The number of hydrogen-bond acceptors (Lipinski definition) is 3. The zero-order valence-corrected chi connectivity index (χ0v) is 13.0. The van der Waals surface area contributed by atoms with Gasteiger partial charge in [-0.15, -0.1) is 11.3 Å². The van der Waals surface area contributed by atoms with Crippen LogP contribution in [0.25, 0.3) is 0 Å². The number of nitrogens with two attached hydrogens (primary N) is 1. The zero-order chi connectivity index (χ0) is 14.7. The lowest BCUT2D eigenvalue weighted by atomic mass is 10.1. The predicted octanol–water partition coefficient (Wildman–Crippen LogP) is 4.03. The molecule has 0 aliphatic carbocycles. The van der Waals surface area contributed by atoms with Gasteiger partial charge in [0.15, 0.2) is 0 Å². The molecule has 0 aliphatic heterocycles. The van der Waals surface area contributed by atoms with Crippen LogP contribution in [0.15, 0.2) is 35.7 Å². The van der Waals surface area contributed by atoms with Crippen LogP contribution in [-0.2, 0) is 6.54 Å². The highest BCUT2D eigenvalue weighted by Crippen LogP contribution is 2.22. The van der Waals surface area contributed by atoms with E-state index in [1.807, 2.05) is 36.3 Å². The van der Waals surface area contributed by atoms with Crippen LogP contribution in [0.5, 0.6) is 0 Å². The quantitative estimate of drug-likeness (QED) is 0.867. The number of nitrogen functional groups attached to an aromatic ring is 1. The van der Waals surface area contributed by atoms with Gasteiger partial charge in [-0.3, -0.25) is 4.79 Å². The fourth-order valence-corrected chi connectivity index (χ4v) is 2.83. The van der Waals surface area contributed by atoms with Crippen LogP contribution in [0.2, 0.25) is 5.02 Å². The van der Waals surface area contributed by atoms with Gasteiger partial charge in [0.2, 0.25) is 0 Å². The molecule has 0 spiro atoms. The van der Waals surface area contributed by atoms with Crippen LogP contribution < -0.4 is 5.73 Å². The van der Waals surface area contributed by atoms with Gasteiger partial charge in [0.1, 0.15) is 0 Å². The Labute approximate surface area is 128 Å². The van der Waals surface area contributed by atoms with Gasteiger partial charge in [-0.1, -0.05) is 17.7 Å². The number of hydrogen-bond donors (Lipinski definition) is 1. The molecule has 0 atom stereocenters. The number of carbonyl (C=O) groups is 1. The molecule has 1 aromatic carbocycles. The van der Waals surface area contributed by atoms with E-state index in [1.165, 1.54) is 0 Å². The summed E-state index contributed by atoms with van der Waals surface area (Å²) in [6.45, 7) is 4.59. The van der Waals surface area contributed by atoms with E-state index < -0.39 is 0 Å². The molecular formula is C15H17ClN2OS. The number of nitrogens with zero attached hydrogens (tertiary/aromatic N) is 1. The van der Waals surface area contributed by atoms with E-state index in [2.05, 4.69) is 0 Å². The lowest BCUT2D eigenvalue weighted by Gasteiger charge is -2.27. The summed E-state index contributed by atoms with van der Waals surface area (Å²) in [7, 11) is 0. The average Bonchev–Trinajstić information content (AvgIpc) is 2.87. The van der Waals surface area contributed by atoms with E-state index >= 15 is 0 Å². The third-order valence-corrected chi connectivity index (χ3v) is 4.13. The Hall–Kier alpha value is -1.52. The molecule has 20 heavy (non-hydrogen) atoms. The lowest BCUT2D eigenvalue weighted by molar-refractivity contribution is 0.0693. The number of carbonyl (C=O) groups excluding carboxylic acids is 1. The summed E-state index contributed by atoms with van der Waals surface area (Å²) in [5.74, 6) is -0.0671. The van der Waals surface area contributed by atoms with Gasteiger partial charge in [-0.05, 0) is 43.5 Å². The van der Waals surface area contributed by atoms with Gasteiger partial charge < -0.3 is 10.6 Å². The van der Waals surface area contributed by atoms with E-state index in [1.54, 1.807) is 29.5 Å². The van der Waals surface area contributed by atoms with Crippen LogP contribution in [0.3, 0.4) is 0 Å². The van der Waals surface area contributed by atoms with Crippen molar-refractivity contribution in [2.75, 3.05) is 5.73 Å². The molecule has 1 amide bonds. The molecule has 0 unspecified atom stereocenters. The van der Waals surface area contributed by atoms with Gasteiger partial charge in [-0.25, -0.2) is 0 Å². The molecule has 0 saturated carbocycles. The van der Waals surface area contributed by atoms with Crippen LogP contribution >= 0.6 is 22.9 Å². The number of benzene rings is 1. The topological polar surface area (TPSA) is 46.3 Å². The highest BCUT2D eigenvalue weighted by atomic mass is 35.5. The highest BCUT2D eigenvalue weighted by molar-refractivity contribution is 7.09. The standard InChI is InChI=1S/C15H17ClN2OS/c1-10(2)18(9-12-4-3-7-20-12)15(19)13-6-5-11(16)8-14(13)17/h3-8,10H,9,17H2,1-2H3. The van der Waals surface area contributed by atoms with Crippen molar-refractivity contribution in [1.82, 2.24) is 4.90 Å². The van der Waals surface area contributed by atoms with Crippen LogP contribution in [0.1, 0.15) is 29.1 Å². The first-order valence-electron chi connectivity index (χ1n) is 6.37. The number of halogens is 1. The van der Waals surface area contributed by atoms with E-state index in [4.69, 9.17) is 17.3 Å². The first-order valence-corrected chi connectivity index (χ1v) is 7.63. The van der Waals surface area contributed by atoms with Crippen molar-refractivity contribution < 1.29 is 4.79 Å². The Morgan fingerprint density at radius 2 is 2.15 bits per heavy atom. The van der Waals surface area contributed by atoms with Crippen molar-refractivity contribution in [1.29, 1.82) is 0 Å². The number of thiophene rings is 1. The minimum Gasteiger partial charge on any atom is -0.398 e. The largest absolute Gasteiger partial charge is 0.398 e. The molecule has 2 N–H and O–H groups in total. The molecule has 0 bridgehead atoms. The first kappa shape index (κ1) is 14.9. The lowest BCUT2D eigenvalue weighted by Crippen LogP contribution is -2.36. The predicted molar refractivity (Wildman–Crippen MR) is 85.2 cm³/mol. The molecular weight excluding hydrogens is 292 g/mol. The molecule has 2 aromatic rings. The van der Waals surface area contributed by atoms with Crippen molar-refractivity contribution in [2.45, 2.75) is 26.4 Å². The number of anilines is 1. The molecule has 1 aromatic heterocycles. The van der Waals surface area contributed by atoms with Gasteiger partial charge in [0.25, 0.3) is 5.91 Å². The first-order chi connectivity index (χ1) is 9.49. The fourth-order valence-electron chi connectivity index (χ4n) is 1.94. The molecule has 0 fully saturated rings. The second-order valence-electron chi connectivity index (χ2n) is 4.84. The second-order valence-corrected chi connectivity index (χ2v) is 6.31. The summed E-state index contributed by atoms with van der Waals surface area (Å²) in [6, 6.07) is 9.09. The molecule has 106 valence electrons. The van der Waals surface area contributed by atoms with E-state index in [0.29, 0.717) is 22.8 Å². The molecule has 3 nitrogen and oxygen atoms in total. The van der Waals surface area contributed by atoms with E-state index in [9.17, 15) is 4.79 Å². The molecule has 1 heterocycles. The SMILES string of the molecule is CC(C)N(Cc1cccs1)C(=O)c1ccc(Cl)cc1N. The molecule has 2 rings (SSSR count). The normalized spacial score (nSPS) is 10.8. The smallest absolute Gasteiger partial charge is 0.256 e. The maximum absolute atomic E-state index is 12.7. The van der Waals surface area contributed by atoms with Crippen LogP contribution in [-0.4, -0.2) is 16.8 Å². The second kappa shape index (κ2) is 6.29. The average molecular weight is 309 g/mol. The molecule has 0 aliphatic rings. The Morgan fingerprint density at radius 3 is 2.70 bits per heavy atom. The monoisotopic (exact) mass is 308 g/mol. The van der Waals surface area contributed by atoms with Crippen molar-refractivity contribution >= 4 is 34.5 Å². The van der Waals surface area contributed by atoms with Crippen LogP contribution in [0.4, 0.5) is 5.69 Å². The zero-order valence-electron chi connectivity index (χ0n) is 11.5. The molecule has 5 heteroatoms. The van der Waals surface area contributed by atoms with Gasteiger partial charge in [-0.2, -0.15) is 0 Å². The molecule has 0 radical (unpaired) electrons. The van der Waals surface area contributed by atoms with Gasteiger partial charge in [0.05, 0.1) is 12.1 Å². The maximum atomic E-state index is 12.7. The number of amides is 1. The summed E-state index contributed by atoms with van der Waals surface area (Å²) < 4.78 is 0. The fraction of sp³-hybridized carbons (Fsp3) is 0.267. The van der Waals surface area contributed by atoms with Crippen molar-refractivity contribution in [2.24, 2.45) is 0 Å². The summed E-state index contributed by atoms with van der Waals surface area (Å²) in [5.41, 5.74) is 6.82. The van der Waals surface area contributed by atoms with Crippen molar-refractivity contribution in [3.63, 3.8) is 0 Å². The Morgan fingerprint density at radius 1 is 1.40 bits per heavy atom. The van der Waals surface area contributed by atoms with Crippen molar-refractivity contribution in [3.8, 4) is 0 Å². The summed E-state index contributed by atoms with van der Waals surface area (Å²) >= 11 is 7.52. The minimum absolute atomic E-state index is 0.0671. The van der Waals surface area contributed by atoms with Crippen LogP contribution in [0, 0.1) is 0 Å². The summed E-state index contributed by atoms with van der Waals surface area (Å²) in [5, 5.41) is 2.54. The van der Waals surface area contributed by atoms with E-state index in [-0.39, 0.29) is 11.9 Å². The number of rotatable bonds is 4. The van der Waals surface area contributed by atoms with Gasteiger partial charge in [0, 0.05) is 21.6 Å². The summed E-state index contributed by atoms with van der Waals surface area (Å²) in [4.78, 5) is 15.6. The maximum Gasteiger partial charge on any atom is 0.256 e. The van der Waals surface area contributed by atoms with Crippen molar-refractivity contribution in [3.05, 3.63) is 51.2 Å². The summed E-state index contributed by atoms with van der Waals surface area (Å²) in [6.07, 6.45) is 0. The highest BCUT2D eigenvalue weighted by Gasteiger charge is 2.21. The third kappa shape index (κ3) is 3.32. The Bertz CT molecular complexity index is 596. The van der Waals surface area contributed by atoms with E-state index in [0.717, 1.165) is 4.88 Å². The van der Waals surface area contributed by atoms with Gasteiger partial charge >= 0.3 is 0 Å². The third-order valence-electron chi connectivity index (χ3n) is 3.03. The Kier molecular flexibility index (Phi) is 4.68. The minimum atomic E-state index is -0.0671. The molecule has 0 saturated heterocycles. The Balaban J connectivity index is 2.27.